The van der Waals surface area contributed by atoms with Gasteiger partial charge in [-0.1, -0.05) is 32.9 Å². The van der Waals surface area contributed by atoms with Gasteiger partial charge in [0.1, 0.15) is 24.2 Å². The van der Waals surface area contributed by atoms with E-state index in [0.717, 1.165) is 26.7 Å². The van der Waals surface area contributed by atoms with E-state index in [9.17, 15) is 4.79 Å². The van der Waals surface area contributed by atoms with Crippen LogP contribution in [0.5, 0.6) is 11.5 Å². The van der Waals surface area contributed by atoms with Gasteiger partial charge in [-0.25, -0.2) is 0 Å². The zero-order chi connectivity index (χ0) is 22.3. The lowest BCUT2D eigenvalue weighted by Gasteiger charge is -2.27. The monoisotopic (exact) mass is 560 g/mol. The normalized spacial score (nSPS) is 12.4. The first kappa shape index (κ1) is 25.0. The van der Waals surface area contributed by atoms with Crippen molar-refractivity contribution in [2.24, 2.45) is 0 Å². The molecule has 30 heavy (non-hydrogen) atoms. The van der Waals surface area contributed by atoms with Crippen molar-refractivity contribution in [1.82, 2.24) is 0 Å². The highest BCUT2D eigenvalue weighted by molar-refractivity contribution is 9.11. The van der Waals surface area contributed by atoms with Gasteiger partial charge in [0.15, 0.2) is 0 Å². The van der Waals surface area contributed by atoms with E-state index < -0.39 is 6.10 Å². The van der Waals surface area contributed by atoms with Crippen molar-refractivity contribution in [1.29, 1.82) is 0 Å². The number of benzene rings is 2. The lowest BCUT2D eigenvalue weighted by atomic mass is 9.78. The fourth-order valence-corrected chi connectivity index (χ4v) is 4.50. The van der Waals surface area contributed by atoms with Crippen LogP contribution in [0.15, 0.2) is 45.3 Å². The number of alkyl halides is 1. The third-order valence-corrected chi connectivity index (χ3v) is 6.21. The summed E-state index contributed by atoms with van der Waals surface area (Å²) in [5.41, 5.74) is 2.06. The Bertz CT molecular complexity index is 830. The SMILES string of the molecule is CCCOc1ccc(C(C)(C)c2cc(Br)c(OCC(CCl)OC(C)=O)c(Br)c2)cc1. The van der Waals surface area contributed by atoms with E-state index in [1.165, 1.54) is 12.5 Å². The molecule has 2 aromatic rings. The Morgan fingerprint density at radius 3 is 2.17 bits per heavy atom. The topological polar surface area (TPSA) is 44.8 Å². The van der Waals surface area contributed by atoms with Crippen LogP contribution in [0.2, 0.25) is 0 Å². The van der Waals surface area contributed by atoms with Crippen molar-refractivity contribution >= 4 is 49.4 Å². The maximum Gasteiger partial charge on any atom is 0.303 e. The molecule has 0 saturated heterocycles. The molecule has 2 rings (SSSR count). The molecule has 0 N–H and O–H groups in total. The molecule has 0 aromatic heterocycles. The molecule has 0 radical (unpaired) electrons. The zero-order valence-corrected chi connectivity index (χ0v) is 21.6. The zero-order valence-electron chi connectivity index (χ0n) is 17.6. The summed E-state index contributed by atoms with van der Waals surface area (Å²) in [6.45, 7) is 8.67. The molecule has 0 fully saturated rings. The van der Waals surface area contributed by atoms with Crippen LogP contribution >= 0.6 is 43.5 Å². The molecule has 164 valence electrons. The second-order valence-electron chi connectivity index (χ2n) is 7.46. The van der Waals surface area contributed by atoms with Gasteiger partial charge in [-0.3, -0.25) is 4.79 Å². The number of halogens is 3. The van der Waals surface area contributed by atoms with E-state index in [1.54, 1.807) is 0 Å². The van der Waals surface area contributed by atoms with Gasteiger partial charge in [-0.05, 0) is 73.7 Å². The summed E-state index contributed by atoms with van der Waals surface area (Å²) in [5.74, 6) is 1.30. The Balaban J connectivity index is 2.20. The fraction of sp³-hybridized carbons (Fsp3) is 0.435. The number of rotatable bonds is 10. The van der Waals surface area contributed by atoms with E-state index in [2.05, 4.69) is 64.8 Å². The largest absolute Gasteiger partial charge is 0.494 e. The molecule has 4 nitrogen and oxygen atoms in total. The van der Waals surface area contributed by atoms with Crippen molar-refractivity contribution in [3.63, 3.8) is 0 Å². The van der Waals surface area contributed by atoms with Crippen LogP contribution in [0.3, 0.4) is 0 Å². The number of hydrogen-bond acceptors (Lipinski definition) is 4. The fourth-order valence-electron chi connectivity index (χ4n) is 2.93. The molecule has 0 aliphatic rings. The average Bonchev–Trinajstić information content (AvgIpc) is 2.70. The van der Waals surface area contributed by atoms with E-state index in [4.69, 9.17) is 25.8 Å². The molecule has 1 atom stereocenters. The van der Waals surface area contributed by atoms with Crippen LogP contribution < -0.4 is 9.47 Å². The van der Waals surface area contributed by atoms with E-state index in [0.29, 0.717) is 12.4 Å². The minimum absolute atomic E-state index is 0.165. The molecule has 0 saturated carbocycles. The van der Waals surface area contributed by atoms with Crippen LogP contribution in [0, 0.1) is 0 Å². The van der Waals surface area contributed by atoms with Gasteiger partial charge in [0, 0.05) is 12.3 Å². The first-order valence-corrected chi connectivity index (χ1v) is 11.9. The maximum absolute atomic E-state index is 11.2. The van der Waals surface area contributed by atoms with Gasteiger partial charge in [-0.2, -0.15) is 0 Å². The van der Waals surface area contributed by atoms with Crippen LogP contribution in [-0.4, -0.2) is 31.2 Å². The number of ether oxygens (including phenoxy) is 3. The summed E-state index contributed by atoms with van der Waals surface area (Å²) >= 11 is 13.1. The van der Waals surface area contributed by atoms with E-state index in [1.807, 2.05) is 24.3 Å². The molecule has 0 aliphatic carbocycles. The third-order valence-electron chi connectivity index (χ3n) is 4.69. The van der Waals surface area contributed by atoms with Gasteiger partial charge in [0.2, 0.25) is 0 Å². The van der Waals surface area contributed by atoms with Gasteiger partial charge in [0.25, 0.3) is 0 Å². The summed E-state index contributed by atoms with van der Waals surface area (Å²) in [5, 5.41) is 0. The van der Waals surface area contributed by atoms with Crippen LogP contribution in [-0.2, 0) is 14.9 Å². The quantitative estimate of drug-likeness (QED) is 0.234. The van der Waals surface area contributed by atoms with Gasteiger partial charge in [-0.15, -0.1) is 11.6 Å². The van der Waals surface area contributed by atoms with Crippen LogP contribution in [0.1, 0.15) is 45.2 Å². The lowest BCUT2D eigenvalue weighted by Crippen LogP contribution is -2.26. The van der Waals surface area contributed by atoms with Crippen molar-refractivity contribution in [3.8, 4) is 11.5 Å². The number of carbonyl (C=O) groups is 1. The summed E-state index contributed by atoms with van der Waals surface area (Å²) < 4.78 is 18.3. The number of esters is 1. The Hall–Kier alpha value is -1.24. The van der Waals surface area contributed by atoms with Crippen LogP contribution in [0.25, 0.3) is 0 Å². The Morgan fingerprint density at radius 2 is 1.67 bits per heavy atom. The first-order valence-electron chi connectivity index (χ1n) is 9.77. The van der Waals surface area contributed by atoms with Crippen molar-refractivity contribution in [2.75, 3.05) is 19.1 Å². The average molecular weight is 563 g/mol. The second kappa shape index (κ2) is 11.4. The molecule has 0 aliphatic heterocycles. The molecule has 0 amide bonds. The van der Waals surface area contributed by atoms with Gasteiger partial charge >= 0.3 is 5.97 Å². The predicted octanol–water partition coefficient (Wildman–Crippen LogP) is 6.88. The highest BCUT2D eigenvalue weighted by Crippen LogP contribution is 2.41. The molecule has 0 spiro atoms. The Kier molecular flexibility index (Phi) is 9.51. The summed E-state index contributed by atoms with van der Waals surface area (Å²) in [6.07, 6.45) is 0.475. The van der Waals surface area contributed by atoms with Crippen LogP contribution in [0.4, 0.5) is 0 Å². The van der Waals surface area contributed by atoms with Gasteiger partial charge < -0.3 is 14.2 Å². The highest BCUT2D eigenvalue weighted by atomic mass is 79.9. The maximum atomic E-state index is 11.2. The van der Waals surface area contributed by atoms with Crippen molar-refractivity contribution in [3.05, 3.63) is 56.5 Å². The number of carbonyl (C=O) groups excluding carboxylic acids is 1. The standard InChI is InChI=1S/C23H27Br2ClO4/c1-5-10-28-18-8-6-16(7-9-18)23(3,4)17-11-20(24)22(21(25)12-17)29-14-19(13-26)30-15(2)27/h6-9,11-12,19H,5,10,13-14H2,1-4H3. The molecular formula is C23H27Br2ClO4. The van der Waals surface area contributed by atoms with Gasteiger partial charge in [0.05, 0.1) is 21.4 Å². The highest BCUT2D eigenvalue weighted by Gasteiger charge is 2.26. The molecular weight excluding hydrogens is 536 g/mol. The second-order valence-corrected chi connectivity index (χ2v) is 9.48. The smallest absolute Gasteiger partial charge is 0.303 e. The third kappa shape index (κ3) is 6.63. The molecule has 0 heterocycles. The Labute approximate surface area is 200 Å². The molecule has 1 unspecified atom stereocenters. The molecule has 7 heteroatoms. The number of hydrogen-bond donors (Lipinski definition) is 0. The summed E-state index contributed by atoms with van der Waals surface area (Å²) in [6, 6.07) is 12.3. The van der Waals surface area contributed by atoms with Crippen molar-refractivity contribution in [2.45, 2.75) is 45.6 Å². The summed E-state index contributed by atoms with van der Waals surface area (Å²) in [4.78, 5) is 11.2. The summed E-state index contributed by atoms with van der Waals surface area (Å²) in [7, 11) is 0. The minimum Gasteiger partial charge on any atom is -0.494 e. The van der Waals surface area contributed by atoms with E-state index in [-0.39, 0.29) is 23.9 Å². The van der Waals surface area contributed by atoms with E-state index >= 15 is 0 Å². The predicted molar refractivity (Wildman–Crippen MR) is 128 cm³/mol. The first-order chi connectivity index (χ1) is 14.2. The molecule has 2 aromatic carbocycles. The van der Waals surface area contributed by atoms with Crippen molar-refractivity contribution < 1.29 is 19.0 Å². The lowest BCUT2D eigenvalue weighted by molar-refractivity contribution is -0.146. The minimum atomic E-state index is -0.507. The Morgan fingerprint density at radius 1 is 1.07 bits per heavy atom. The molecule has 0 bridgehead atoms.